The van der Waals surface area contributed by atoms with Crippen molar-refractivity contribution in [2.24, 2.45) is 11.5 Å². The minimum Gasteiger partial charge on any atom is -0.480 e. The summed E-state index contributed by atoms with van der Waals surface area (Å²) in [6.07, 6.45) is 3.34. The second kappa shape index (κ2) is 8.93. The molecule has 1 unspecified atom stereocenters. The fourth-order valence-corrected chi connectivity index (χ4v) is 1.09. The molecule has 0 bridgehead atoms. The molecule has 5 heteroatoms. The summed E-state index contributed by atoms with van der Waals surface area (Å²) in [5.41, 5.74) is 10.7. The van der Waals surface area contributed by atoms with Crippen molar-refractivity contribution in [3.8, 4) is 0 Å². The fourth-order valence-electron chi connectivity index (χ4n) is 1.09. The van der Waals surface area contributed by atoms with Crippen LogP contribution in [0.1, 0.15) is 25.7 Å². The molecule has 0 saturated heterocycles. The van der Waals surface area contributed by atoms with Crippen LogP contribution in [0.4, 0.5) is 0 Å². The van der Waals surface area contributed by atoms with E-state index in [2.05, 4.69) is 5.32 Å². The van der Waals surface area contributed by atoms with Gasteiger partial charge >= 0.3 is 5.97 Å². The Bertz CT molecular complexity index is 153. The van der Waals surface area contributed by atoms with Gasteiger partial charge < -0.3 is 21.9 Å². The molecule has 14 heavy (non-hydrogen) atoms. The van der Waals surface area contributed by atoms with E-state index in [1.54, 1.807) is 0 Å². The molecular weight excluding hydrogens is 182 g/mol. The second-order valence-electron chi connectivity index (χ2n) is 3.33. The van der Waals surface area contributed by atoms with Gasteiger partial charge in [0.05, 0.1) is 0 Å². The number of rotatable bonds is 9. The number of unbranched alkanes of at least 4 members (excludes halogenated alkanes) is 1. The van der Waals surface area contributed by atoms with E-state index in [9.17, 15) is 4.79 Å². The van der Waals surface area contributed by atoms with E-state index in [0.717, 1.165) is 32.4 Å². The molecule has 0 saturated carbocycles. The van der Waals surface area contributed by atoms with Crippen molar-refractivity contribution in [2.75, 3.05) is 19.6 Å². The van der Waals surface area contributed by atoms with Gasteiger partial charge in [-0.3, -0.25) is 4.79 Å². The second-order valence-corrected chi connectivity index (χ2v) is 3.33. The van der Waals surface area contributed by atoms with Crippen LogP contribution >= 0.6 is 0 Å². The molecule has 0 aromatic heterocycles. The average Bonchev–Trinajstić information content (AvgIpc) is 2.16. The van der Waals surface area contributed by atoms with Gasteiger partial charge in [-0.2, -0.15) is 0 Å². The largest absolute Gasteiger partial charge is 0.480 e. The van der Waals surface area contributed by atoms with Crippen molar-refractivity contribution in [1.82, 2.24) is 5.32 Å². The molecule has 0 fully saturated rings. The van der Waals surface area contributed by atoms with Gasteiger partial charge in [-0.25, -0.2) is 0 Å². The van der Waals surface area contributed by atoms with Crippen LogP contribution in [-0.2, 0) is 4.79 Å². The highest BCUT2D eigenvalue weighted by molar-refractivity contribution is 5.72. The lowest BCUT2D eigenvalue weighted by Crippen LogP contribution is -2.30. The summed E-state index contributed by atoms with van der Waals surface area (Å²) in [5.74, 6) is -0.916. The molecule has 0 radical (unpaired) electrons. The van der Waals surface area contributed by atoms with Crippen LogP contribution < -0.4 is 16.8 Å². The highest BCUT2D eigenvalue weighted by Gasteiger charge is 2.09. The normalized spacial score (nSPS) is 12.7. The van der Waals surface area contributed by atoms with Crippen LogP contribution in [0.15, 0.2) is 0 Å². The smallest absolute Gasteiger partial charge is 0.320 e. The SMILES string of the molecule is NCCCNCCCCC(N)C(=O)O. The van der Waals surface area contributed by atoms with Crippen molar-refractivity contribution in [3.05, 3.63) is 0 Å². The molecule has 0 aliphatic carbocycles. The van der Waals surface area contributed by atoms with Gasteiger partial charge in [0.15, 0.2) is 0 Å². The number of carbonyl (C=O) groups is 1. The van der Waals surface area contributed by atoms with Crippen molar-refractivity contribution >= 4 is 5.97 Å². The Kier molecular flexibility index (Phi) is 8.51. The van der Waals surface area contributed by atoms with Crippen LogP contribution in [0.3, 0.4) is 0 Å². The van der Waals surface area contributed by atoms with Crippen LogP contribution in [0, 0.1) is 0 Å². The number of carboxylic acids is 1. The quantitative estimate of drug-likeness (QED) is 0.379. The van der Waals surface area contributed by atoms with Crippen LogP contribution in [-0.4, -0.2) is 36.8 Å². The molecule has 6 N–H and O–H groups in total. The lowest BCUT2D eigenvalue weighted by molar-refractivity contribution is -0.138. The third-order valence-corrected chi connectivity index (χ3v) is 1.99. The summed E-state index contributed by atoms with van der Waals surface area (Å²) < 4.78 is 0. The molecule has 0 aliphatic heterocycles. The number of aliphatic carboxylic acids is 1. The van der Waals surface area contributed by atoms with E-state index in [1.807, 2.05) is 0 Å². The molecule has 0 heterocycles. The lowest BCUT2D eigenvalue weighted by atomic mass is 10.1. The Morgan fingerprint density at radius 3 is 2.50 bits per heavy atom. The van der Waals surface area contributed by atoms with Crippen molar-refractivity contribution in [2.45, 2.75) is 31.7 Å². The zero-order valence-corrected chi connectivity index (χ0v) is 8.54. The van der Waals surface area contributed by atoms with Gasteiger partial charge in [0.1, 0.15) is 6.04 Å². The molecular formula is C9H21N3O2. The number of nitrogens with one attached hydrogen (secondary N) is 1. The molecule has 84 valence electrons. The van der Waals surface area contributed by atoms with Gasteiger partial charge in [0.2, 0.25) is 0 Å². The van der Waals surface area contributed by atoms with Gasteiger partial charge in [-0.1, -0.05) is 6.42 Å². The average molecular weight is 203 g/mol. The minimum absolute atomic E-state index is 0.550. The molecule has 5 nitrogen and oxygen atoms in total. The molecule has 0 aromatic carbocycles. The standard InChI is InChI=1S/C9H21N3O2/c10-5-3-7-12-6-2-1-4-8(11)9(13)14/h8,12H,1-7,10-11H2,(H,13,14). The first-order valence-corrected chi connectivity index (χ1v) is 5.07. The first kappa shape index (κ1) is 13.4. The Morgan fingerprint density at radius 1 is 1.29 bits per heavy atom. The van der Waals surface area contributed by atoms with E-state index in [1.165, 1.54) is 0 Å². The zero-order chi connectivity index (χ0) is 10.8. The van der Waals surface area contributed by atoms with Gasteiger partial charge in [0, 0.05) is 0 Å². The van der Waals surface area contributed by atoms with Crippen molar-refractivity contribution in [3.63, 3.8) is 0 Å². The predicted molar refractivity (Wildman–Crippen MR) is 56.0 cm³/mol. The maximum Gasteiger partial charge on any atom is 0.320 e. The topological polar surface area (TPSA) is 101 Å². The molecule has 0 rings (SSSR count). The number of nitrogens with two attached hydrogens (primary N) is 2. The monoisotopic (exact) mass is 203 g/mol. The Labute approximate surface area is 84.8 Å². The summed E-state index contributed by atoms with van der Waals surface area (Å²) >= 11 is 0. The van der Waals surface area contributed by atoms with E-state index in [0.29, 0.717) is 13.0 Å². The highest BCUT2D eigenvalue weighted by Crippen LogP contribution is 1.97. The maximum absolute atomic E-state index is 10.3. The molecule has 0 aliphatic rings. The first-order valence-electron chi connectivity index (χ1n) is 5.07. The third kappa shape index (κ3) is 7.97. The summed E-state index contributed by atoms with van der Waals surface area (Å²) in [6, 6.07) is -0.709. The van der Waals surface area contributed by atoms with Gasteiger partial charge in [-0.05, 0) is 38.9 Å². The summed E-state index contributed by atoms with van der Waals surface area (Å²) in [7, 11) is 0. The van der Waals surface area contributed by atoms with Crippen molar-refractivity contribution < 1.29 is 9.90 Å². The van der Waals surface area contributed by atoms with Crippen LogP contribution in [0.5, 0.6) is 0 Å². The summed E-state index contributed by atoms with van der Waals surface area (Å²) in [6.45, 7) is 2.55. The van der Waals surface area contributed by atoms with E-state index in [4.69, 9.17) is 16.6 Å². The van der Waals surface area contributed by atoms with Gasteiger partial charge in [0.25, 0.3) is 0 Å². The molecule has 1 atom stereocenters. The van der Waals surface area contributed by atoms with Crippen molar-refractivity contribution in [1.29, 1.82) is 0 Å². The first-order chi connectivity index (χ1) is 6.68. The molecule has 0 amide bonds. The van der Waals surface area contributed by atoms with E-state index < -0.39 is 12.0 Å². The predicted octanol–water partition coefficient (Wildman–Crippen LogP) is -0.493. The zero-order valence-electron chi connectivity index (χ0n) is 8.54. The summed E-state index contributed by atoms with van der Waals surface area (Å²) in [5, 5.41) is 11.7. The van der Waals surface area contributed by atoms with Gasteiger partial charge in [-0.15, -0.1) is 0 Å². The Morgan fingerprint density at radius 2 is 1.93 bits per heavy atom. The highest BCUT2D eigenvalue weighted by atomic mass is 16.4. The molecule has 0 spiro atoms. The van der Waals surface area contributed by atoms with Crippen LogP contribution in [0.2, 0.25) is 0 Å². The number of carboxylic acid groups (broad SMARTS) is 1. The fraction of sp³-hybridized carbons (Fsp3) is 0.889. The minimum atomic E-state index is -0.916. The number of hydrogen-bond donors (Lipinski definition) is 4. The van der Waals surface area contributed by atoms with E-state index in [-0.39, 0.29) is 0 Å². The number of hydrogen-bond acceptors (Lipinski definition) is 4. The lowest BCUT2D eigenvalue weighted by Gasteiger charge is -2.06. The summed E-state index contributed by atoms with van der Waals surface area (Å²) in [4.78, 5) is 10.3. The molecule has 0 aromatic rings. The Hall–Kier alpha value is -0.650. The van der Waals surface area contributed by atoms with Crippen LogP contribution in [0.25, 0.3) is 0 Å². The third-order valence-electron chi connectivity index (χ3n) is 1.99. The van der Waals surface area contributed by atoms with E-state index >= 15 is 0 Å². The Balaban J connectivity index is 3.09. The maximum atomic E-state index is 10.3.